The van der Waals surface area contributed by atoms with Gasteiger partial charge in [0.1, 0.15) is 18.1 Å². The minimum absolute atomic E-state index is 0.156. The highest BCUT2D eigenvalue weighted by Crippen LogP contribution is 2.19. The first kappa shape index (κ1) is 17.0. The van der Waals surface area contributed by atoms with E-state index in [1.165, 1.54) is 0 Å². The van der Waals surface area contributed by atoms with Crippen molar-refractivity contribution >= 4 is 23.0 Å². The third-order valence-corrected chi connectivity index (χ3v) is 4.03. The van der Waals surface area contributed by atoms with Crippen LogP contribution in [-0.4, -0.2) is 30.5 Å². The van der Waals surface area contributed by atoms with Gasteiger partial charge < -0.3 is 14.7 Å². The maximum absolute atomic E-state index is 10.5. The highest BCUT2D eigenvalue weighted by Gasteiger charge is 2.09. The van der Waals surface area contributed by atoms with E-state index < -0.39 is 5.97 Å². The maximum Gasteiger partial charge on any atom is 0.303 e. The normalized spacial score (nSPS) is 11.3. The van der Waals surface area contributed by atoms with Crippen LogP contribution < -0.4 is 4.74 Å². The number of benzene rings is 1. The van der Waals surface area contributed by atoms with E-state index >= 15 is 0 Å². The van der Waals surface area contributed by atoms with Crippen molar-refractivity contribution in [3.8, 4) is 5.75 Å². The van der Waals surface area contributed by atoms with Crippen molar-refractivity contribution < 1.29 is 19.5 Å². The molecule has 122 valence electrons. The smallest absolute Gasteiger partial charge is 0.303 e. The van der Waals surface area contributed by atoms with Crippen molar-refractivity contribution in [3.05, 3.63) is 52.2 Å². The molecule has 5 nitrogen and oxygen atoms in total. The average Bonchev–Trinajstić information content (AvgIpc) is 3.08. The van der Waals surface area contributed by atoms with Gasteiger partial charge in [-0.2, -0.15) is 0 Å². The van der Waals surface area contributed by atoms with E-state index in [1.807, 2.05) is 41.8 Å². The van der Waals surface area contributed by atoms with E-state index in [-0.39, 0.29) is 6.42 Å². The van der Waals surface area contributed by atoms with Crippen molar-refractivity contribution in [2.75, 3.05) is 13.7 Å². The van der Waals surface area contributed by atoms with E-state index in [4.69, 9.17) is 14.7 Å². The fourth-order valence-corrected chi connectivity index (χ4v) is 2.68. The number of hydrogen-bond acceptors (Lipinski definition) is 5. The molecule has 2 rings (SSSR count). The van der Waals surface area contributed by atoms with Crippen LogP contribution in [0.15, 0.2) is 46.9 Å². The number of rotatable bonds is 9. The lowest BCUT2D eigenvalue weighted by Crippen LogP contribution is -2.03. The molecule has 1 aromatic carbocycles. The summed E-state index contributed by atoms with van der Waals surface area (Å²) in [4.78, 5) is 16.9. The summed E-state index contributed by atoms with van der Waals surface area (Å²) in [5.74, 6) is -0.000114. The molecular weight excluding hydrogens is 314 g/mol. The Balaban J connectivity index is 2.02. The molecule has 0 unspecified atom stereocenters. The summed E-state index contributed by atoms with van der Waals surface area (Å²) < 4.78 is 5.17. The van der Waals surface area contributed by atoms with Crippen LogP contribution >= 0.6 is 11.3 Å². The first-order chi connectivity index (χ1) is 11.2. The maximum atomic E-state index is 10.5. The molecule has 0 saturated heterocycles. The number of nitrogens with zero attached hydrogens (tertiary/aromatic N) is 1. The molecule has 0 aliphatic carbocycles. The van der Waals surface area contributed by atoms with Crippen LogP contribution in [0.3, 0.4) is 0 Å². The van der Waals surface area contributed by atoms with E-state index in [9.17, 15) is 4.79 Å². The first-order valence-electron chi connectivity index (χ1n) is 7.31. The van der Waals surface area contributed by atoms with Crippen LogP contribution in [0.4, 0.5) is 0 Å². The SMILES string of the molecule is COc1ccc(/C(=N\OCCCCC(=O)O)c2cccs2)cc1. The molecule has 1 aromatic heterocycles. The van der Waals surface area contributed by atoms with Crippen molar-refractivity contribution in [2.45, 2.75) is 19.3 Å². The van der Waals surface area contributed by atoms with E-state index in [1.54, 1.807) is 18.4 Å². The Kier molecular flexibility index (Phi) is 6.62. The second-order valence-corrected chi connectivity index (χ2v) is 5.78. The molecule has 0 bridgehead atoms. The minimum Gasteiger partial charge on any atom is -0.497 e. The molecule has 0 aliphatic heterocycles. The zero-order chi connectivity index (χ0) is 16.5. The zero-order valence-corrected chi connectivity index (χ0v) is 13.7. The van der Waals surface area contributed by atoms with Crippen LogP contribution in [0, 0.1) is 0 Å². The van der Waals surface area contributed by atoms with Crippen molar-refractivity contribution in [1.29, 1.82) is 0 Å². The quantitative estimate of drug-likeness (QED) is 0.431. The Morgan fingerprint density at radius 2 is 2.00 bits per heavy atom. The van der Waals surface area contributed by atoms with Gasteiger partial charge >= 0.3 is 5.97 Å². The third-order valence-electron chi connectivity index (χ3n) is 3.15. The lowest BCUT2D eigenvalue weighted by molar-refractivity contribution is -0.137. The van der Waals surface area contributed by atoms with Gasteiger partial charge in [-0.05, 0) is 48.6 Å². The molecule has 1 N–H and O–H groups in total. The summed E-state index contributed by atoms with van der Waals surface area (Å²) in [6, 6.07) is 11.6. The molecule has 23 heavy (non-hydrogen) atoms. The van der Waals surface area contributed by atoms with Gasteiger partial charge in [-0.3, -0.25) is 4.79 Å². The number of ether oxygens (including phenoxy) is 1. The summed E-state index contributed by atoms with van der Waals surface area (Å²) in [6.45, 7) is 0.401. The first-order valence-corrected chi connectivity index (χ1v) is 8.18. The number of aliphatic carboxylic acids is 1. The molecule has 0 atom stereocenters. The molecule has 1 heterocycles. The molecule has 0 aliphatic rings. The number of oxime groups is 1. The molecule has 2 aromatic rings. The third kappa shape index (κ3) is 5.41. The number of carboxylic acids is 1. The number of hydrogen-bond donors (Lipinski definition) is 1. The molecular formula is C17H19NO4S. The minimum atomic E-state index is -0.786. The van der Waals surface area contributed by atoms with Gasteiger partial charge in [0.2, 0.25) is 0 Å². The topological polar surface area (TPSA) is 68.1 Å². The number of carboxylic acid groups (broad SMARTS) is 1. The molecule has 6 heteroatoms. The summed E-state index contributed by atoms with van der Waals surface area (Å²) >= 11 is 1.59. The number of methoxy groups -OCH3 is 1. The van der Waals surface area contributed by atoms with Gasteiger partial charge in [-0.25, -0.2) is 0 Å². The van der Waals surface area contributed by atoms with Gasteiger partial charge in [0.05, 0.1) is 12.0 Å². The Morgan fingerprint density at radius 1 is 1.22 bits per heavy atom. The molecule has 0 saturated carbocycles. The van der Waals surface area contributed by atoms with Gasteiger partial charge in [0, 0.05) is 12.0 Å². The number of carbonyl (C=O) groups is 1. The lowest BCUT2D eigenvalue weighted by Gasteiger charge is -2.06. The fourth-order valence-electron chi connectivity index (χ4n) is 1.96. The van der Waals surface area contributed by atoms with Gasteiger partial charge in [0.25, 0.3) is 0 Å². The number of unbranched alkanes of at least 4 members (excludes halogenated alkanes) is 1. The standard InChI is InChI=1S/C17H19NO4S/c1-21-14-9-7-13(8-10-14)17(15-5-4-12-23-15)18-22-11-3-2-6-16(19)20/h4-5,7-10,12H,2-3,6,11H2,1H3,(H,19,20)/b18-17+. The van der Waals surface area contributed by atoms with Gasteiger partial charge in [-0.15, -0.1) is 11.3 Å². The van der Waals surface area contributed by atoms with Gasteiger partial charge in [-0.1, -0.05) is 11.2 Å². The predicted octanol–water partition coefficient (Wildman–Crippen LogP) is 3.78. The zero-order valence-electron chi connectivity index (χ0n) is 12.9. The fraction of sp³-hybridized carbons (Fsp3) is 0.294. The Labute approximate surface area is 139 Å². The van der Waals surface area contributed by atoms with E-state index in [2.05, 4.69) is 5.16 Å². The molecule has 0 spiro atoms. The van der Waals surface area contributed by atoms with Crippen LogP contribution in [0.25, 0.3) is 0 Å². The Hall–Kier alpha value is -2.34. The van der Waals surface area contributed by atoms with Crippen LogP contribution in [0.1, 0.15) is 29.7 Å². The summed E-state index contributed by atoms with van der Waals surface area (Å²) in [5.41, 5.74) is 1.71. The average molecular weight is 333 g/mol. The van der Waals surface area contributed by atoms with Gasteiger partial charge in [0.15, 0.2) is 0 Å². The molecule has 0 radical (unpaired) electrons. The molecule has 0 fully saturated rings. The van der Waals surface area contributed by atoms with Crippen molar-refractivity contribution in [2.24, 2.45) is 5.16 Å². The second kappa shape index (κ2) is 8.95. The Bertz CT molecular complexity index is 635. The summed E-state index contributed by atoms with van der Waals surface area (Å²) in [5, 5.41) is 14.8. The Morgan fingerprint density at radius 3 is 2.61 bits per heavy atom. The van der Waals surface area contributed by atoms with E-state index in [0.717, 1.165) is 21.9 Å². The number of thiophene rings is 1. The van der Waals surface area contributed by atoms with Crippen molar-refractivity contribution in [1.82, 2.24) is 0 Å². The highest BCUT2D eigenvalue weighted by atomic mass is 32.1. The summed E-state index contributed by atoms with van der Waals surface area (Å²) in [6.07, 6.45) is 1.40. The lowest BCUT2D eigenvalue weighted by atomic mass is 10.1. The van der Waals surface area contributed by atoms with E-state index in [0.29, 0.717) is 19.4 Å². The second-order valence-electron chi connectivity index (χ2n) is 4.83. The van der Waals surface area contributed by atoms with Crippen LogP contribution in [-0.2, 0) is 9.63 Å². The largest absolute Gasteiger partial charge is 0.497 e. The monoisotopic (exact) mass is 333 g/mol. The molecule has 0 amide bonds. The summed E-state index contributed by atoms with van der Waals surface area (Å²) in [7, 11) is 1.63. The van der Waals surface area contributed by atoms with Crippen molar-refractivity contribution in [3.63, 3.8) is 0 Å². The van der Waals surface area contributed by atoms with Crippen LogP contribution in [0.2, 0.25) is 0 Å². The highest BCUT2D eigenvalue weighted by molar-refractivity contribution is 7.12. The van der Waals surface area contributed by atoms with Crippen LogP contribution in [0.5, 0.6) is 5.75 Å². The predicted molar refractivity (Wildman–Crippen MR) is 90.4 cm³/mol.